The molecule has 1 rings (SSSR count). The molecule has 0 aliphatic heterocycles. The van der Waals surface area contributed by atoms with Crippen molar-refractivity contribution in [2.24, 2.45) is 5.92 Å². The summed E-state index contributed by atoms with van der Waals surface area (Å²) in [6, 6.07) is 5.49. The standard InChI is InChI=1S/C12H14ClIO/c1-3-4-8(2)12(15)9-5-6-11(14)10(13)7-9/h5-8H,3-4H2,1-2H3. The number of carbonyl (C=O) groups excluding carboxylic acids is 1. The van der Waals surface area contributed by atoms with E-state index < -0.39 is 0 Å². The molecule has 1 nitrogen and oxygen atoms in total. The van der Waals surface area contributed by atoms with Gasteiger partial charge in [0.05, 0.1) is 5.02 Å². The maximum Gasteiger partial charge on any atom is 0.165 e. The number of carbonyl (C=O) groups is 1. The first-order chi connectivity index (χ1) is 7.06. The van der Waals surface area contributed by atoms with Gasteiger partial charge in [-0.3, -0.25) is 4.79 Å². The van der Waals surface area contributed by atoms with E-state index in [0.717, 1.165) is 22.0 Å². The zero-order chi connectivity index (χ0) is 11.4. The minimum Gasteiger partial charge on any atom is -0.294 e. The molecule has 15 heavy (non-hydrogen) atoms. The minimum atomic E-state index is 0.0890. The van der Waals surface area contributed by atoms with Crippen molar-refractivity contribution in [3.05, 3.63) is 32.4 Å². The van der Waals surface area contributed by atoms with E-state index in [-0.39, 0.29) is 11.7 Å². The van der Waals surface area contributed by atoms with Crippen molar-refractivity contribution in [3.63, 3.8) is 0 Å². The van der Waals surface area contributed by atoms with Gasteiger partial charge in [0.2, 0.25) is 0 Å². The van der Waals surface area contributed by atoms with Gasteiger partial charge in [0.1, 0.15) is 0 Å². The molecular weight excluding hydrogens is 322 g/mol. The fraction of sp³-hybridized carbons (Fsp3) is 0.417. The average molecular weight is 337 g/mol. The van der Waals surface area contributed by atoms with Gasteiger partial charge in [-0.05, 0) is 41.1 Å². The maximum atomic E-state index is 11.9. The van der Waals surface area contributed by atoms with Gasteiger partial charge >= 0.3 is 0 Å². The zero-order valence-electron chi connectivity index (χ0n) is 8.89. The Morgan fingerprint density at radius 2 is 2.20 bits per heavy atom. The molecule has 3 heteroatoms. The summed E-state index contributed by atoms with van der Waals surface area (Å²) in [6.07, 6.45) is 1.97. The van der Waals surface area contributed by atoms with Crippen LogP contribution in [0.2, 0.25) is 5.02 Å². The Bertz CT molecular complexity index is 363. The molecule has 0 spiro atoms. The largest absolute Gasteiger partial charge is 0.294 e. The Kier molecular flexibility index (Phi) is 5.06. The molecule has 1 unspecified atom stereocenters. The van der Waals surface area contributed by atoms with Crippen LogP contribution in [0.1, 0.15) is 37.0 Å². The molecule has 0 heterocycles. The van der Waals surface area contributed by atoms with E-state index in [4.69, 9.17) is 11.6 Å². The Morgan fingerprint density at radius 1 is 1.53 bits per heavy atom. The Morgan fingerprint density at radius 3 is 2.73 bits per heavy atom. The lowest BCUT2D eigenvalue weighted by Crippen LogP contribution is -2.11. The van der Waals surface area contributed by atoms with Gasteiger partial charge in [-0.2, -0.15) is 0 Å². The van der Waals surface area contributed by atoms with Crippen LogP contribution in [0.4, 0.5) is 0 Å². The summed E-state index contributed by atoms with van der Waals surface area (Å²) in [7, 11) is 0. The Labute approximate surface area is 109 Å². The van der Waals surface area contributed by atoms with E-state index in [9.17, 15) is 4.79 Å². The number of halogens is 2. The summed E-state index contributed by atoms with van der Waals surface area (Å²) in [6.45, 7) is 4.06. The van der Waals surface area contributed by atoms with Crippen molar-refractivity contribution in [2.75, 3.05) is 0 Å². The normalized spacial score (nSPS) is 12.5. The molecule has 1 atom stereocenters. The molecule has 1 aromatic rings. The van der Waals surface area contributed by atoms with Crippen molar-refractivity contribution >= 4 is 40.0 Å². The summed E-state index contributed by atoms with van der Waals surface area (Å²) in [4.78, 5) is 11.9. The minimum absolute atomic E-state index is 0.0890. The van der Waals surface area contributed by atoms with Gasteiger partial charge in [-0.15, -0.1) is 0 Å². The molecule has 0 saturated carbocycles. The first kappa shape index (κ1) is 13.0. The highest BCUT2D eigenvalue weighted by atomic mass is 127. The molecule has 0 radical (unpaired) electrons. The van der Waals surface area contributed by atoms with Crippen LogP contribution in [-0.2, 0) is 0 Å². The third kappa shape index (κ3) is 3.45. The van der Waals surface area contributed by atoms with Crippen LogP contribution < -0.4 is 0 Å². The lowest BCUT2D eigenvalue weighted by molar-refractivity contribution is 0.0923. The molecular formula is C12H14ClIO. The topological polar surface area (TPSA) is 17.1 Å². The summed E-state index contributed by atoms with van der Waals surface area (Å²) in [5.41, 5.74) is 0.723. The van der Waals surface area contributed by atoms with Crippen LogP contribution in [0.3, 0.4) is 0 Å². The third-order valence-corrected chi connectivity index (χ3v) is 3.95. The van der Waals surface area contributed by atoms with Crippen LogP contribution >= 0.6 is 34.2 Å². The second-order valence-corrected chi connectivity index (χ2v) is 5.25. The second-order valence-electron chi connectivity index (χ2n) is 3.68. The first-order valence-corrected chi connectivity index (χ1v) is 6.51. The predicted molar refractivity (Wildman–Crippen MR) is 72.6 cm³/mol. The van der Waals surface area contributed by atoms with Gasteiger partial charge < -0.3 is 0 Å². The molecule has 0 N–H and O–H groups in total. The fourth-order valence-corrected chi connectivity index (χ4v) is 2.01. The zero-order valence-corrected chi connectivity index (χ0v) is 11.8. The van der Waals surface area contributed by atoms with Gasteiger partial charge in [0.15, 0.2) is 5.78 Å². The number of Topliss-reactive ketones (excluding diaryl/α,β-unsaturated/α-hetero) is 1. The SMILES string of the molecule is CCCC(C)C(=O)c1ccc(I)c(Cl)c1. The van der Waals surface area contributed by atoms with Gasteiger partial charge in [0, 0.05) is 15.1 Å². The van der Waals surface area contributed by atoms with Crippen LogP contribution in [0.5, 0.6) is 0 Å². The molecule has 0 amide bonds. The number of benzene rings is 1. The van der Waals surface area contributed by atoms with Gasteiger partial charge in [-0.1, -0.05) is 37.9 Å². The van der Waals surface area contributed by atoms with Crippen LogP contribution in [-0.4, -0.2) is 5.78 Å². The summed E-state index contributed by atoms with van der Waals surface area (Å²) < 4.78 is 0.981. The lowest BCUT2D eigenvalue weighted by Gasteiger charge is -2.09. The van der Waals surface area contributed by atoms with E-state index in [2.05, 4.69) is 29.5 Å². The smallest absolute Gasteiger partial charge is 0.165 e. The molecule has 0 bridgehead atoms. The molecule has 0 aromatic heterocycles. The van der Waals surface area contributed by atoms with Crippen molar-refractivity contribution in [3.8, 4) is 0 Å². The Balaban J connectivity index is 2.87. The summed E-state index contributed by atoms with van der Waals surface area (Å²) in [5.74, 6) is 0.279. The third-order valence-electron chi connectivity index (χ3n) is 2.37. The monoisotopic (exact) mass is 336 g/mol. The predicted octanol–water partition coefficient (Wildman–Crippen LogP) is 4.56. The van der Waals surface area contributed by atoms with Crippen molar-refractivity contribution in [1.82, 2.24) is 0 Å². The highest BCUT2D eigenvalue weighted by Crippen LogP contribution is 2.22. The van der Waals surface area contributed by atoms with E-state index in [1.807, 2.05) is 19.1 Å². The Hall–Kier alpha value is -0.0900. The van der Waals surface area contributed by atoms with Crippen molar-refractivity contribution < 1.29 is 4.79 Å². The van der Waals surface area contributed by atoms with Crippen molar-refractivity contribution in [1.29, 1.82) is 0 Å². The van der Waals surface area contributed by atoms with Gasteiger partial charge in [-0.25, -0.2) is 0 Å². The number of hydrogen-bond acceptors (Lipinski definition) is 1. The van der Waals surface area contributed by atoms with E-state index in [0.29, 0.717) is 5.02 Å². The molecule has 0 fully saturated rings. The highest BCUT2D eigenvalue weighted by Gasteiger charge is 2.14. The average Bonchev–Trinajstić information content (AvgIpc) is 2.21. The fourth-order valence-electron chi connectivity index (χ4n) is 1.50. The number of hydrogen-bond donors (Lipinski definition) is 0. The second kappa shape index (κ2) is 5.85. The molecule has 1 aromatic carbocycles. The van der Waals surface area contributed by atoms with E-state index >= 15 is 0 Å². The molecule has 0 aliphatic carbocycles. The molecule has 0 saturated heterocycles. The number of ketones is 1. The van der Waals surface area contributed by atoms with Gasteiger partial charge in [0.25, 0.3) is 0 Å². The first-order valence-electron chi connectivity index (χ1n) is 5.05. The molecule has 0 aliphatic rings. The lowest BCUT2D eigenvalue weighted by atomic mass is 9.95. The van der Waals surface area contributed by atoms with E-state index in [1.54, 1.807) is 6.07 Å². The van der Waals surface area contributed by atoms with Crippen molar-refractivity contribution in [2.45, 2.75) is 26.7 Å². The molecule has 82 valence electrons. The summed E-state index contributed by atoms with van der Waals surface area (Å²) >= 11 is 8.14. The van der Waals surface area contributed by atoms with Crippen LogP contribution in [0.15, 0.2) is 18.2 Å². The number of rotatable bonds is 4. The van der Waals surface area contributed by atoms with Crippen LogP contribution in [0, 0.1) is 9.49 Å². The maximum absolute atomic E-state index is 11.9. The summed E-state index contributed by atoms with van der Waals surface area (Å²) in [5, 5.41) is 0.658. The highest BCUT2D eigenvalue weighted by molar-refractivity contribution is 14.1. The van der Waals surface area contributed by atoms with Crippen LogP contribution in [0.25, 0.3) is 0 Å². The quantitative estimate of drug-likeness (QED) is 0.582. The van der Waals surface area contributed by atoms with E-state index in [1.165, 1.54) is 0 Å².